The zero-order chi connectivity index (χ0) is 17.8. The molecule has 1 aromatic carbocycles. The number of aliphatic hydroxyl groups excluding tert-OH is 1. The molecule has 1 aliphatic heterocycles. The van der Waals surface area contributed by atoms with Gasteiger partial charge in [0, 0.05) is 45.0 Å². The molecule has 0 spiro atoms. The van der Waals surface area contributed by atoms with Gasteiger partial charge < -0.3 is 14.7 Å². The number of halogens is 2. The van der Waals surface area contributed by atoms with Gasteiger partial charge in [-0.25, -0.2) is 4.68 Å². The Morgan fingerprint density at radius 3 is 2.64 bits per heavy atom. The third kappa shape index (κ3) is 5.09. The van der Waals surface area contributed by atoms with Crippen molar-refractivity contribution in [2.24, 2.45) is 0 Å². The molecule has 1 fully saturated rings. The number of β-amino-alcohol motifs (C(OH)–C–C–N with tert-alkyl or cyclic N) is 1. The molecule has 1 N–H and O–H groups in total. The maximum Gasteiger partial charge on any atom is 0.233 e. The van der Waals surface area contributed by atoms with Crippen LogP contribution in [0.4, 0.5) is 0 Å². The average molecular weight is 385 g/mol. The van der Waals surface area contributed by atoms with Crippen LogP contribution in [0.5, 0.6) is 5.88 Å². The predicted octanol–water partition coefficient (Wildman–Crippen LogP) is 2.17. The van der Waals surface area contributed by atoms with E-state index in [4.69, 9.17) is 27.9 Å². The van der Waals surface area contributed by atoms with Gasteiger partial charge in [0.1, 0.15) is 12.7 Å². The first-order chi connectivity index (χ1) is 12.0. The van der Waals surface area contributed by atoms with Crippen molar-refractivity contribution in [3.8, 4) is 11.6 Å². The summed E-state index contributed by atoms with van der Waals surface area (Å²) in [6.45, 7) is 4.83. The quantitative estimate of drug-likeness (QED) is 0.826. The van der Waals surface area contributed by atoms with Crippen LogP contribution in [0.1, 0.15) is 0 Å². The van der Waals surface area contributed by atoms with Crippen molar-refractivity contribution < 1.29 is 9.84 Å². The number of aromatic nitrogens is 2. The first-order valence-electron chi connectivity index (χ1n) is 8.24. The molecule has 3 rings (SSSR count). The number of hydrogen-bond donors (Lipinski definition) is 1. The minimum atomic E-state index is -0.543. The fourth-order valence-corrected chi connectivity index (χ4v) is 3.01. The summed E-state index contributed by atoms with van der Waals surface area (Å²) in [6, 6.07) is 7.04. The standard InChI is InChI=1S/C17H22Cl2N4O2/c1-21-6-8-22(9-7-21)11-14(24)12-25-17-4-5-23(20-17)13-2-3-15(18)16(19)10-13/h2-5,10,14,24H,6-9,11-12H2,1H3. The lowest BCUT2D eigenvalue weighted by Gasteiger charge is -2.33. The number of piperazine rings is 1. The summed E-state index contributed by atoms with van der Waals surface area (Å²) in [5, 5.41) is 15.5. The summed E-state index contributed by atoms with van der Waals surface area (Å²) in [5.41, 5.74) is 0.794. The summed E-state index contributed by atoms with van der Waals surface area (Å²) in [5.74, 6) is 0.462. The van der Waals surface area contributed by atoms with Crippen LogP contribution in [-0.2, 0) is 0 Å². The fourth-order valence-electron chi connectivity index (χ4n) is 2.72. The molecule has 25 heavy (non-hydrogen) atoms. The number of ether oxygens (including phenoxy) is 1. The van der Waals surface area contributed by atoms with E-state index in [1.807, 2.05) is 6.07 Å². The van der Waals surface area contributed by atoms with Crippen molar-refractivity contribution in [3.05, 3.63) is 40.5 Å². The summed E-state index contributed by atoms with van der Waals surface area (Å²) in [4.78, 5) is 4.54. The van der Waals surface area contributed by atoms with E-state index >= 15 is 0 Å². The van der Waals surface area contributed by atoms with Gasteiger partial charge in [-0.2, -0.15) is 0 Å². The third-order valence-electron chi connectivity index (χ3n) is 4.22. The fraction of sp³-hybridized carbons (Fsp3) is 0.471. The van der Waals surface area contributed by atoms with Crippen molar-refractivity contribution in [2.75, 3.05) is 46.4 Å². The van der Waals surface area contributed by atoms with Gasteiger partial charge in [0.05, 0.1) is 15.7 Å². The Hall–Kier alpha value is -1.31. The Balaban J connectivity index is 1.50. The highest BCUT2D eigenvalue weighted by atomic mass is 35.5. The predicted molar refractivity (Wildman–Crippen MR) is 99.0 cm³/mol. The number of benzene rings is 1. The van der Waals surface area contributed by atoms with E-state index in [0.29, 0.717) is 22.5 Å². The van der Waals surface area contributed by atoms with Gasteiger partial charge in [0.25, 0.3) is 0 Å². The zero-order valence-electron chi connectivity index (χ0n) is 14.1. The Morgan fingerprint density at radius 1 is 1.16 bits per heavy atom. The number of likely N-dealkylation sites (N-methyl/N-ethyl adjacent to an activating group) is 1. The number of nitrogens with zero attached hydrogens (tertiary/aromatic N) is 4. The summed E-state index contributed by atoms with van der Waals surface area (Å²) < 4.78 is 7.27. The monoisotopic (exact) mass is 384 g/mol. The van der Waals surface area contributed by atoms with E-state index in [1.54, 1.807) is 29.1 Å². The van der Waals surface area contributed by atoms with Crippen molar-refractivity contribution in [1.82, 2.24) is 19.6 Å². The van der Waals surface area contributed by atoms with Crippen molar-refractivity contribution in [3.63, 3.8) is 0 Å². The molecule has 0 saturated carbocycles. The maximum absolute atomic E-state index is 10.2. The maximum atomic E-state index is 10.2. The highest BCUT2D eigenvalue weighted by Crippen LogP contribution is 2.24. The molecule has 2 aromatic rings. The average Bonchev–Trinajstić information content (AvgIpc) is 3.07. The van der Waals surface area contributed by atoms with Crippen LogP contribution in [0.15, 0.2) is 30.5 Å². The molecule has 136 valence electrons. The largest absolute Gasteiger partial charge is 0.474 e. The SMILES string of the molecule is CN1CCN(CC(O)COc2ccn(-c3ccc(Cl)c(Cl)c3)n2)CC1. The van der Waals surface area contributed by atoms with Crippen LogP contribution >= 0.6 is 23.2 Å². The van der Waals surface area contributed by atoms with E-state index < -0.39 is 6.10 Å². The number of rotatable bonds is 6. The molecule has 0 amide bonds. The normalized spacial score (nSPS) is 17.6. The zero-order valence-corrected chi connectivity index (χ0v) is 15.6. The van der Waals surface area contributed by atoms with E-state index in [2.05, 4.69) is 21.9 Å². The Kier molecular flexibility index (Phi) is 6.19. The summed E-state index contributed by atoms with van der Waals surface area (Å²) in [6.07, 6.45) is 1.24. The lowest BCUT2D eigenvalue weighted by atomic mass is 10.3. The molecule has 0 aliphatic carbocycles. The number of aliphatic hydroxyl groups is 1. The topological polar surface area (TPSA) is 53.8 Å². The van der Waals surface area contributed by atoms with Crippen LogP contribution < -0.4 is 4.74 Å². The molecule has 2 heterocycles. The van der Waals surface area contributed by atoms with E-state index in [-0.39, 0.29) is 6.61 Å². The molecule has 6 nitrogen and oxygen atoms in total. The Morgan fingerprint density at radius 2 is 1.92 bits per heavy atom. The molecule has 1 aliphatic rings. The smallest absolute Gasteiger partial charge is 0.233 e. The van der Waals surface area contributed by atoms with Crippen molar-refractivity contribution >= 4 is 23.2 Å². The minimum absolute atomic E-state index is 0.213. The minimum Gasteiger partial charge on any atom is -0.474 e. The van der Waals surface area contributed by atoms with Gasteiger partial charge in [0.15, 0.2) is 0 Å². The molecular formula is C17H22Cl2N4O2. The molecule has 1 saturated heterocycles. The van der Waals surface area contributed by atoms with Crippen LogP contribution in [0.2, 0.25) is 10.0 Å². The second-order valence-corrected chi connectivity index (χ2v) is 7.08. The van der Waals surface area contributed by atoms with Crippen molar-refractivity contribution in [1.29, 1.82) is 0 Å². The van der Waals surface area contributed by atoms with Gasteiger partial charge in [-0.3, -0.25) is 4.90 Å². The Bertz CT molecular complexity index is 702. The van der Waals surface area contributed by atoms with E-state index in [9.17, 15) is 5.11 Å². The first kappa shape index (κ1) is 18.5. The van der Waals surface area contributed by atoms with Gasteiger partial charge in [-0.1, -0.05) is 23.2 Å². The second-order valence-electron chi connectivity index (χ2n) is 6.27. The molecule has 0 bridgehead atoms. The molecule has 1 unspecified atom stereocenters. The highest BCUT2D eigenvalue weighted by molar-refractivity contribution is 6.42. The third-order valence-corrected chi connectivity index (χ3v) is 4.96. The van der Waals surface area contributed by atoms with E-state index in [0.717, 1.165) is 31.9 Å². The lowest BCUT2D eigenvalue weighted by Crippen LogP contribution is -2.47. The lowest BCUT2D eigenvalue weighted by molar-refractivity contribution is 0.0492. The molecule has 8 heteroatoms. The molecule has 1 atom stereocenters. The van der Waals surface area contributed by atoms with Gasteiger partial charge in [-0.05, 0) is 25.2 Å². The molecular weight excluding hydrogens is 363 g/mol. The molecule has 0 radical (unpaired) electrons. The summed E-state index contributed by atoms with van der Waals surface area (Å²) >= 11 is 12.0. The van der Waals surface area contributed by atoms with E-state index in [1.165, 1.54) is 0 Å². The van der Waals surface area contributed by atoms with Crippen LogP contribution in [0, 0.1) is 0 Å². The second kappa shape index (κ2) is 8.38. The number of hydrogen-bond acceptors (Lipinski definition) is 5. The van der Waals surface area contributed by atoms with Crippen LogP contribution in [0.25, 0.3) is 5.69 Å². The van der Waals surface area contributed by atoms with Crippen molar-refractivity contribution in [2.45, 2.75) is 6.10 Å². The van der Waals surface area contributed by atoms with Gasteiger partial charge >= 0.3 is 0 Å². The summed E-state index contributed by atoms with van der Waals surface area (Å²) in [7, 11) is 2.11. The molecule has 1 aromatic heterocycles. The highest BCUT2D eigenvalue weighted by Gasteiger charge is 2.17. The van der Waals surface area contributed by atoms with Gasteiger partial charge in [0.2, 0.25) is 5.88 Å². The van der Waals surface area contributed by atoms with Crippen LogP contribution in [-0.4, -0.2) is 77.2 Å². The van der Waals surface area contributed by atoms with Crippen LogP contribution in [0.3, 0.4) is 0 Å². The Labute approximate surface area is 157 Å². The van der Waals surface area contributed by atoms with Gasteiger partial charge in [-0.15, -0.1) is 5.10 Å². The first-order valence-corrected chi connectivity index (χ1v) is 9.00.